The van der Waals surface area contributed by atoms with Crippen LogP contribution in [0, 0.1) is 11.8 Å². The van der Waals surface area contributed by atoms with Crippen molar-refractivity contribution in [3.8, 4) is 5.75 Å². The van der Waals surface area contributed by atoms with Crippen LogP contribution in [0.1, 0.15) is 70.6 Å². The zero-order valence-electron chi connectivity index (χ0n) is 22.2. The number of ether oxygens (including phenoxy) is 2. The van der Waals surface area contributed by atoms with E-state index in [-0.39, 0.29) is 29.8 Å². The molecular formula is C30H39N3O5. The molecule has 0 aromatic heterocycles. The van der Waals surface area contributed by atoms with Crippen LogP contribution in [0.25, 0.3) is 0 Å². The van der Waals surface area contributed by atoms with Gasteiger partial charge >= 0.3 is 0 Å². The van der Waals surface area contributed by atoms with Gasteiger partial charge in [-0.3, -0.25) is 14.4 Å². The van der Waals surface area contributed by atoms with Gasteiger partial charge in [-0.2, -0.15) is 0 Å². The van der Waals surface area contributed by atoms with Crippen molar-refractivity contribution in [3.63, 3.8) is 0 Å². The summed E-state index contributed by atoms with van der Waals surface area (Å²) in [6, 6.07) is 6.56. The minimum absolute atomic E-state index is 0.00905. The lowest BCUT2D eigenvalue weighted by atomic mass is 9.74. The first-order chi connectivity index (χ1) is 18.5. The topological polar surface area (TPSA) is 97.0 Å². The molecule has 38 heavy (non-hydrogen) atoms. The number of carbonyl (C=O) groups excluding carboxylic acids is 3. The first kappa shape index (κ1) is 25.4. The predicted molar refractivity (Wildman–Crippen MR) is 142 cm³/mol. The van der Waals surface area contributed by atoms with E-state index in [1.807, 2.05) is 29.2 Å². The Bertz CT molecular complexity index is 1110. The maximum Gasteiger partial charge on any atom is 0.246 e. The summed E-state index contributed by atoms with van der Waals surface area (Å²) in [4.78, 5) is 43.8. The number of fused-ring (bicyclic) bond motifs is 1. The lowest BCUT2D eigenvalue weighted by Crippen LogP contribution is -2.58. The standard InChI is InChI=1S/C30H39N3O5/c1-37-22-15-9-12-20(18-22)32-27(34)24-23-16-17-30(38-23)25(24)29(36)33(21-13-7-2-3-8-14-21)26(30)28(35)31-19-10-5-4-6-11-19/h9,12,15-19,21,23-26H,2-8,10-11,13-14H2,1H3,(H,31,35)(H,32,34)/t23-,24+,25-,26+,30-/m0/s1. The Morgan fingerprint density at radius 2 is 1.71 bits per heavy atom. The predicted octanol–water partition coefficient (Wildman–Crippen LogP) is 3.96. The third-order valence-electron chi connectivity index (χ3n) is 9.37. The van der Waals surface area contributed by atoms with Crippen LogP contribution in [0.4, 0.5) is 5.69 Å². The van der Waals surface area contributed by atoms with Gasteiger partial charge in [0.25, 0.3) is 0 Å². The van der Waals surface area contributed by atoms with Gasteiger partial charge in [-0.05, 0) is 37.8 Å². The summed E-state index contributed by atoms with van der Waals surface area (Å²) >= 11 is 0. The first-order valence-corrected chi connectivity index (χ1v) is 14.5. The van der Waals surface area contributed by atoms with Crippen LogP contribution in [-0.4, -0.2) is 59.6 Å². The molecule has 5 atom stereocenters. The maximum atomic E-state index is 14.3. The fourth-order valence-electron chi connectivity index (χ4n) is 7.59. The zero-order chi connectivity index (χ0) is 26.3. The van der Waals surface area contributed by atoms with Crippen LogP contribution in [0.5, 0.6) is 5.75 Å². The monoisotopic (exact) mass is 521 g/mol. The molecule has 204 valence electrons. The highest BCUT2D eigenvalue weighted by Gasteiger charge is 2.73. The maximum absolute atomic E-state index is 14.3. The second-order valence-electron chi connectivity index (χ2n) is 11.7. The van der Waals surface area contributed by atoms with Crippen LogP contribution in [0.15, 0.2) is 36.4 Å². The number of anilines is 1. The molecule has 2 bridgehead atoms. The molecule has 3 aliphatic heterocycles. The van der Waals surface area contributed by atoms with E-state index in [4.69, 9.17) is 9.47 Å². The molecule has 1 spiro atoms. The highest BCUT2D eigenvalue weighted by Crippen LogP contribution is 2.56. The molecule has 5 aliphatic rings. The largest absolute Gasteiger partial charge is 0.497 e. The van der Waals surface area contributed by atoms with E-state index >= 15 is 0 Å². The van der Waals surface area contributed by atoms with Gasteiger partial charge < -0.3 is 25.0 Å². The lowest BCUT2D eigenvalue weighted by molar-refractivity contribution is -0.144. The minimum Gasteiger partial charge on any atom is -0.497 e. The second-order valence-corrected chi connectivity index (χ2v) is 11.7. The molecule has 8 nitrogen and oxygen atoms in total. The average Bonchev–Trinajstić information content (AvgIpc) is 3.48. The minimum atomic E-state index is -1.11. The smallest absolute Gasteiger partial charge is 0.246 e. The number of hydrogen-bond acceptors (Lipinski definition) is 5. The molecule has 6 rings (SSSR count). The summed E-state index contributed by atoms with van der Waals surface area (Å²) in [6.45, 7) is 0. The number of carbonyl (C=O) groups is 3. The summed E-state index contributed by atoms with van der Waals surface area (Å²) in [5, 5.41) is 6.28. The Morgan fingerprint density at radius 1 is 1.00 bits per heavy atom. The molecule has 0 radical (unpaired) electrons. The molecule has 3 amide bonds. The number of benzene rings is 1. The van der Waals surface area contributed by atoms with Gasteiger partial charge in [0.15, 0.2) is 0 Å². The van der Waals surface area contributed by atoms with Gasteiger partial charge in [0.2, 0.25) is 17.7 Å². The van der Waals surface area contributed by atoms with Crippen molar-refractivity contribution in [2.24, 2.45) is 11.8 Å². The molecule has 4 fully saturated rings. The summed E-state index contributed by atoms with van der Waals surface area (Å²) in [6.07, 6.45) is 14.8. The van der Waals surface area contributed by atoms with Crippen molar-refractivity contribution in [3.05, 3.63) is 36.4 Å². The van der Waals surface area contributed by atoms with E-state index < -0.39 is 29.6 Å². The summed E-state index contributed by atoms with van der Waals surface area (Å²) in [5.74, 6) is -1.27. The van der Waals surface area contributed by atoms with Crippen molar-refractivity contribution in [1.82, 2.24) is 10.2 Å². The molecule has 1 aromatic rings. The number of amides is 3. The molecule has 2 N–H and O–H groups in total. The van der Waals surface area contributed by atoms with Crippen LogP contribution in [0.2, 0.25) is 0 Å². The summed E-state index contributed by atoms with van der Waals surface area (Å²) < 4.78 is 11.8. The Hall–Kier alpha value is -2.87. The average molecular weight is 522 g/mol. The van der Waals surface area contributed by atoms with Crippen LogP contribution in [-0.2, 0) is 19.1 Å². The number of rotatable bonds is 6. The molecule has 8 heteroatoms. The number of likely N-dealkylation sites (tertiary alicyclic amines) is 1. The van der Waals surface area contributed by atoms with E-state index in [2.05, 4.69) is 10.6 Å². The van der Waals surface area contributed by atoms with Gasteiger partial charge in [-0.15, -0.1) is 0 Å². The van der Waals surface area contributed by atoms with E-state index in [1.54, 1.807) is 19.2 Å². The number of nitrogens with one attached hydrogen (secondary N) is 2. The SMILES string of the molecule is COc1cccc(NC(=O)[C@@H]2[C@@H]3C=C[C@]4(O3)[C@@H]2C(=O)N(C2CCCCCC2)[C@@H]4C(=O)NC2CCCCC2)c1. The number of nitrogens with zero attached hydrogens (tertiary/aromatic N) is 1. The van der Waals surface area contributed by atoms with Crippen LogP contribution in [0.3, 0.4) is 0 Å². The molecule has 2 aliphatic carbocycles. The zero-order valence-corrected chi connectivity index (χ0v) is 22.2. The van der Waals surface area contributed by atoms with E-state index in [9.17, 15) is 14.4 Å². The highest BCUT2D eigenvalue weighted by atomic mass is 16.5. The number of hydrogen-bond donors (Lipinski definition) is 2. The quantitative estimate of drug-likeness (QED) is 0.436. The normalized spacial score (nSPS) is 33.2. The fraction of sp³-hybridized carbons (Fsp3) is 0.633. The number of methoxy groups -OCH3 is 1. The third kappa shape index (κ3) is 4.31. The highest BCUT2D eigenvalue weighted by molar-refractivity contribution is 6.03. The lowest BCUT2D eigenvalue weighted by Gasteiger charge is -2.37. The Labute approximate surface area is 224 Å². The van der Waals surface area contributed by atoms with Gasteiger partial charge in [0.05, 0.1) is 25.0 Å². The second kappa shape index (κ2) is 10.4. The van der Waals surface area contributed by atoms with E-state index in [0.29, 0.717) is 11.4 Å². The molecule has 2 saturated carbocycles. The molecule has 0 unspecified atom stereocenters. The Kier molecular flexibility index (Phi) is 6.93. The van der Waals surface area contributed by atoms with E-state index in [0.717, 1.165) is 64.2 Å². The van der Waals surface area contributed by atoms with Crippen molar-refractivity contribution < 1.29 is 23.9 Å². The molecule has 1 aromatic carbocycles. The van der Waals surface area contributed by atoms with Gasteiger partial charge in [0, 0.05) is 23.8 Å². The summed E-state index contributed by atoms with van der Waals surface area (Å²) in [5.41, 5.74) is -0.503. The van der Waals surface area contributed by atoms with Crippen LogP contribution < -0.4 is 15.4 Å². The van der Waals surface area contributed by atoms with E-state index in [1.165, 1.54) is 6.42 Å². The van der Waals surface area contributed by atoms with Gasteiger partial charge in [-0.25, -0.2) is 0 Å². The van der Waals surface area contributed by atoms with Gasteiger partial charge in [-0.1, -0.05) is 63.2 Å². The van der Waals surface area contributed by atoms with Crippen molar-refractivity contribution in [2.75, 3.05) is 12.4 Å². The summed E-state index contributed by atoms with van der Waals surface area (Å²) in [7, 11) is 1.58. The fourth-order valence-corrected chi connectivity index (χ4v) is 7.59. The first-order valence-electron chi connectivity index (χ1n) is 14.5. The molecule has 3 heterocycles. The molecule has 2 saturated heterocycles. The Balaban J connectivity index is 1.31. The van der Waals surface area contributed by atoms with Crippen molar-refractivity contribution in [1.29, 1.82) is 0 Å². The van der Waals surface area contributed by atoms with Gasteiger partial charge in [0.1, 0.15) is 17.4 Å². The molecular weight excluding hydrogens is 482 g/mol. The van der Waals surface area contributed by atoms with Crippen LogP contribution >= 0.6 is 0 Å². The van der Waals surface area contributed by atoms with Crippen molar-refractivity contribution in [2.45, 2.75) is 100 Å². The van der Waals surface area contributed by atoms with Crippen molar-refractivity contribution >= 4 is 23.4 Å². The third-order valence-corrected chi connectivity index (χ3v) is 9.37. The Morgan fingerprint density at radius 3 is 2.45 bits per heavy atom.